The number of amides is 1. The first-order valence-corrected chi connectivity index (χ1v) is 5.89. The van der Waals surface area contributed by atoms with E-state index in [2.05, 4.69) is 5.32 Å². The van der Waals surface area contributed by atoms with Crippen LogP contribution in [0.15, 0.2) is 18.2 Å². The van der Waals surface area contributed by atoms with E-state index in [1.807, 2.05) is 13.8 Å². The molecule has 1 aromatic carbocycles. The molecule has 0 aliphatic rings. The molecule has 5 heteroatoms. The van der Waals surface area contributed by atoms with E-state index < -0.39 is 11.9 Å². The van der Waals surface area contributed by atoms with Crippen molar-refractivity contribution >= 4 is 5.91 Å². The molecule has 0 aliphatic heterocycles. The van der Waals surface area contributed by atoms with Gasteiger partial charge in [0.1, 0.15) is 11.6 Å². The van der Waals surface area contributed by atoms with Crippen LogP contribution >= 0.6 is 0 Å². The number of carbonyl (C=O) groups excluding carboxylic acids is 1. The summed E-state index contributed by atoms with van der Waals surface area (Å²) in [7, 11) is 0. The van der Waals surface area contributed by atoms with Crippen LogP contribution < -0.4 is 15.8 Å². The van der Waals surface area contributed by atoms with Crippen LogP contribution in [0.5, 0.6) is 5.75 Å². The van der Waals surface area contributed by atoms with Crippen LogP contribution in [-0.2, 0) is 11.3 Å². The molecule has 0 spiro atoms. The smallest absolute Gasteiger partial charge is 0.260 e. The van der Waals surface area contributed by atoms with E-state index in [9.17, 15) is 9.18 Å². The highest BCUT2D eigenvalue weighted by Gasteiger charge is 2.15. The second kappa shape index (κ2) is 6.35. The second-order valence-corrected chi connectivity index (χ2v) is 4.42. The van der Waals surface area contributed by atoms with E-state index in [0.29, 0.717) is 11.3 Å². The second-order valence-electron chi connectivity index (χ2n) is 4.42. The fourth-order valence-corrected chi connectivity index (χ4v) is 1.47. The zero-order valence-electron chi connectivity index (χ0n) is 10.9. The molecule has 3 N–H and O–H groups in total. The van der Waals surface area contributed by atoms with Crippen LogP contribution in [0.3, 0.4) is 0 Å². The quantitative estimate of drug-likeness (QED) is 0.838. The highest BCUT2D eigenvalue weighted by molar-refractivity contribution is 5.80. The van der Waals surface area contributed by atoms with Crippen molar-refractivity contribution in [3.8, 4) is 5.75 Å². The lowest BCUT2D eigenvalue weighted by Gasteiger charge is -2.17. The first-order valence-electron chi connectivity index (χ1n) is 5.89. The molecular formula is C13H19FN2O2. The van der Waals surface area contributed by atoms with Gasteiger partial charge in [-0.05, 0) is 38.5 Å². The zero-order chi connectivity index (χ0) is 13.7. The first-order chi connectivity index (χ1) is 8.42. The largest absolute Gasteiger partial charge is 0.481 e. The molecule has 1 atom stereocenters. The van der Waals surface area contributed by atoms with Crippen LogP contribution in [0.1, 0.15) is 26.3 Å². The molecule has 0 saturated carbocycles. The molecular weight excluding hydrogens is 235 g/mol. The third-order valence-corrected chi connectivity index (χ3v) is 2.28. The Labute approximate surface area is 106 Å². The van der Waals surface area contributed by atoms with Crippen molar-refractivity contribution in [1.82, 2.24) is 5.32 Å². The van der Waals surface area contributed by atoms with Crippen molar-refractivity contribution < 1.29 is 13.9 Å². The lowest BCUT2D eigenvalue weighted by molar-refractivity contribution is -0.127. The monoisotopic (exact) mass is 254 g/mol. The average molecular weight is 254 g/mol. The molecule has 18 heavy (non-hydrogen) atoms. The van der Waals surface area contributed by atoms with Gasteiger partial charge in [-0.1, -0.05) is 0 Å². The number of halogens is 1. The third-order valence-electron chi connectivity index (χ3n) is 2.28. The highest BCUT2D eigenvalue weighted by Crippen LogP contribution is 2.17. The maximum Gasteiger partial charge on any atom is 0.260 e. The molecule has 0 radical (unpaired) electrons. The molecule has 1 rings (SSSR count). The summed E-state index contributed by atoms with van der Waals surface area (Å²) in [4.78, 5) is 11.6. The third kappa shape index (κ3) is 4.33. The number of hydrogen-bond acceptors (Lipinski definition) is 3. The van der Waals surface area contributed by atoms with E-state index in [0.717, 1.165) is 0 Å². The lowest BCUT2D eigenvalue weighted by atomic mass is 10.2. The molecule has 1 unspecified atom stereocenters. The first kappa shape index (κ1) is 14.4. The van der Waals surface area contributed by atoms with Gasteiger partial charge in [0.2, 0.25) is 0 Å². The van der Waals surface area contributed by atoms with Gasteiger partial charge in [0.15, 0.2) is 6.10 Å². The van der Waals surface area contributed by atoms with E-state index >= 15 is 0 Å². The number of rotatable bonds is 5. The Hall–Kier alpha value is -1.62. The van der Waals surface area contributed by atoms with Gasteiger partial charge in [-0.3, -0.25) is 4.79 Å². The van der Waals surface area contributed by atoms with Gasteiger partial charge in [0, 0.05) is 18.7 Å². The lowest BCUT2D eigenvalue weighted by Crippen LogP contribution is -2.40. The standard InChI is InChI=1S/C13H19FN2O2/c1-8(2)16-13(17)9(3)18-12-5-10(7-15)4-11(14)6-12/h4-6,8-9H,7,15H2,1-3H3,(H,16,17). The predicted octanol–water partition coefficient (Wildman–Crippen LogP) is 1.58. The minimum Gasteiger partial charge on any atom is -0.481 e. The maximum atomic E-state index is 13.2. The topological polar surface area (TPSA) is 64.3 Å². The number of nitrogens with two attached hydrogens (primary N) is 1. The van der Waals surface area contributed by atoms with Crippen molar-refractivity contribution in [2.24, 2.45) is 5.73 Å². The van der Waals surface area contributed by atoms with Gasteiger partial charge in [-0.2, -0.15) is 0 Å². The molecule has 0 heterocycles. The molecule has 1 amide bonds. The molecule has 0 aromatic heterocycles. The Morgan fingerprint density at radius 3 is 2.61 bits per heavy atom. The molecule has 4 nitrogen and oxygen atoms in total. The van der Waals surface area contributed by atoms with E-state index in [4.69, 9.17) is 10.5 Å². The van der Waals surface area contributed by atoms with Crippen molar-refractivity contribution in [2.75, 3.05) is 0 Å². The minimum absolute atomic E-state index is 0.0377. The van der Waals surface area contributed by atoms with Gasteiger partial charge >= 0.3 is 0 Å². The summed E-state index contributed by atoms with van der Waals surface area (Å²) >= 11 is 0. The summed E-state index contributed by atoms with van der Waals surface area (Å²) in [6.07, 6.45) is -0.681. The van der Waals surface area contributed by atoms with Crippen LogP contribution in [0.2, 0.25) is 0 Å². The molecule has 100 valence electrons. The number of ether oxygens (including phenoxy) is 1. The predicted molar refractivity (Wildman–Crippen MR) is 67.7 cm³/mol. The number of carbonyl (C=O) groups is 1. The number of nitrogens with one attached hydrogen (secondary N) is 1. The summed E-state index contributed by atoms with van der Waals surface area (Å²) in [5.41, 5.74) is 6.07. The SMILES string of the molecule is CC(C)NC(=O)C(C)Oc1cc(F)cc(CN)c1. The average Bonchev–Trinajstić information content (AvgIpc) is 2.27. The van der Waals surface area contributed by atoms with E-state index in [1.54, 1.807) is 13.0 Å². The fraction of sp³-hybridized carbons (Fsp3) is 0.462. The summed E-state index contributed by atoms with van der Waals surface area (Å²) in [5, 5.41) is 2.72. The molecule has 1 aromatic rings. The van der Waals surface area contributed by atoms with Crippen molar-refractivity contribution in [2.45, 2.75) is 39.5 Å². The molecule has 0 fully saturated rings. The normalized spacial score (nSPS) is 12.3. The molecule has 0 bridgehead atoms. The van der Waals surface area contributed by atoms with Crippen molar-refractivity contribution in [1.29, 1.82) is 0 Å². The summed E-state index contributed by atoms with van der Waals surface area (Å²) < 4.78 is 18.6. The Kier molecular flexibility index (Phi) is 5.09. The molecule has 0 saturated heterocycles. The minimum atomic E-state index is -0.681. The Bertz CT molecular complexity index is 421. The van der Waals surface area contributed by atoms with Crippen LogP contribution in [0.25, 0.3) is 0 Å². The number of hydrogen-bond donors (Lipinski definition) is 2. The highest BCUT2D eigenvalue weighted by atomic mass is 19.1. The summed E-state index contributed by atoms with van der Waals surface area (Å²) in [6.45, 7) is 5.56. The van der Waals surface area contributed by atoms with Crippen molar-refractivity contribution in [3.63, 3.8) is 0 Å². The van der Waals surface area contributed by atoms with E-state index in [-0.39, 0.29) is 18.5 Å². The van der Waals surface area contributed by atoms with Gasteiger partial charge in [0.25, 0.3) is 5.91 Å². The number of benzene rings is 1. The Morgan fingerprint density at radius 2 is 2.06 bits per heavy atom. The van der Waals surface area contributed by atoms with Gasteiger partial charge in [-0.15, -0.1) is 0 Å². The van der Waals surface area contributed by atoms with Gasteiger partial charge in [-0.25, -0.2) is 4.39 Å². The van der Waals surface area contributed by atoms with Gasteiger partial charge in [0.05, 0.1) is 0 Å². The maximum absolute atomic E-state index is 13.2. The fourth-order valence-electron chi connectivity index (χ4n) is 1.47. The Morgan fingerprint density at radius 1 is 1.39 bits per heavy atom. The summed E-state index contributed by atoms with van der Waals surface area (Å²) in [5.74, 6) is -0.352. The van der Waals surface area contributed by atoms with Crippen LogP contribution in [-0.4, -0.2) is 18.1 Å². The van der Waals surface area contributed by atoms with Crippen LogP contribution in [0.4, 0.5) is 4.39 Å². The Balaban J connectivity index is 2.72. The van der Waals surface area contributed by atoms with Gasteiger partial charge < -0.3 is 15.8 Å². The van der Waals surface area contributed by atoms with E-state index in [1.165, 1.54) is 12.1 Å². The molecule has 0 aliphatic carbocycles. The van der Waals surface area contributed by atoms with Crippen molar-refractivity contribution in [3.05, 3.63) is 29.6 Å². The summed E-state index contributed by atoms with van der Waals surface area (Å²) in [6, 6.07) is 4.24. The zero-order valence-corrected chi connectivity index (χ0v) is 10.9. The van der Waals surface area contributed by atoms with Crippen LogP contribution in [0, 0.1) is 5.82 Å².